The molecule has 15 heavy (non-hydrogen) atoms. The van der Waals surface area contributed by atoms with E-state index in [-0.39, 0.29) is 0 Å². The first-order valence-electron chi connectivity index (χ1n) is 6.20. The Balaban J connectivity index is 1.80. The third-order valence-electron chi connectivity index (χ3n) is 3.83. The number of imidazole rings is 1. The SMILES string of the molecule is c1ncn(C2CCC2)c1C1CCCCN1. The van der Waals surface area contributed by atoms with Crippen LogP contribution in [0.3, 0.4) is 0 Å². The van der Waals surface area contributed by atoms with Crippen molar-refractivity contribution in [1.82, 2.24) is 14.9 Å². The van der Waals surface area contributed by atoms with Crippen molar-refractivity contribution in [2.45, 2.75) is 50.6 Å². The summed E-state index contributed by atoms with van der Waals surface area (Å²) in [5, 5.41) is 3.60. The molecule has 1 aliphatic carbocycles. The van der Waals surface area contributed by atoms with E-state index in [0.29, 0.717) is 6.04 Å². The summed E-state index contributed by atoms with van der Waals surface area (Å²) < 4.78 is 2.41. The van der Waals surface area contributed by atoms with Gasteiger partial charge in [-0.15, -0.1) is 0 Å². The number of rotatable bonds is 2. The van der Waals surface area contributed by atoms with Crippen molar-refractivity contribution >= 4 is 0 Å². The summed E-state index contributed by atoms with van der Waals surface area (Å²) in [5.41, 5.74) is 1.42. The number of nitrogens with zero attached hydrogens (tertiary/aromatic N) is 2. The van der Waals surface area contributed by atoms with Crippen LogP contribution in [0, 0.1) is 0 Å². The van der Waals surface area contributed by atoms with Crippen molar-refractivity contribution in [2.75, 3.05) is 6.54 Å². The molecule has 2 aliphatic rings. The van der Waals surface area contributed by atoms with Gasteiger partial charge in [0.05, 0.1) is 12.0 Å². The lowest BCUT2D eigenvalue weighted by molar-refractivity contribution is 0.291. The minimum Gasteiger partial charge on any atom is -0.330 e. The quantitative estimate of drug-likeness (QED) is 0.803. The van der Waals surface area contributed by atoms with Gasteiger partial charge in [-0.25, -0.2) is 4.98 Å². The third kappa shape index (κ3) is 1.69. The molecule has 1 aromatic rings. The van der Waals surface area contributed by atoms with E-state index in [0.717, 1.165) is 6.04 Å². The Bertz CT molecular complexity index is 321. The molecule has 82 valence electrons. The van der Waals surface area contributed by atoms with Crippen LogP contribution >= 0.6 is 0 Å². The van der Waals surface area contributed by atoms with Crippen LogP contribution in [0.4, 0.5) is 0 Å². The highest BCUT2D eigenvalue weighted by atomic mass is 15.1. The molecule has 0 radical (unpaired) electrons. The number of hydrogen-bond acceptors (Lipinski definition) is 2. The molecule has 1 unspecified atom stereocenters. The van der Waals surface area contributed by atoms with Crippen molar-refractivity contribution in [3.05, 3.63) is 18.2 Å². The topological polar surface area (TPSA) is 29.9 Å². The Morgan fingerprint density at radius 1 is 1.20 bits per heavy atom. The second-order valence-electron chi connectivity index (χ2n) is 4.81. The monoisotopic (exact) mass is 205 g/mol. The van der Waals surface area contributed by atoms with Gasteiger partial charge in [-0.3, -0.25) is 0 Å². The highest BCUT2D eigenvalue weighted by Crippen LogP contribution is 2.34. The van der Waals surface area contributed by atoms with E-state index < -0.39 is 0 Å². The van der Waals surface area contributed by atoms with Crippen molar-refractivity contribution in [3.63, 3.8) is 0 Å². The van der Waals surface area contributed by atoms with Gasteiger partial charge in [0.25, 0.3) is 0 Å². The Morgan fingerprint density at radius 2 is 2.13 bits per heavy atom. The fourth-order valence-corrected chi connectivity index (χ4v) is 2.66. The van der Waals surface area contributed by atoms with E-state index in [1.807, 2.05) is 6.33 Å². The zero-order valence-electron chi connectivity index (χ0n) is 9.15. The van der Waals surface area contributed by atoms with Crippen LogP contribution in [0.15, 0.2) is 12.5 Å². The summed E-state index contributed by atoms with van der Waals surface area (Å²) in [6, 6.07) is 1.30. The number of hydrogen-bond donors (Lipinski definition) is 1. The van der Waals surface area contributed by atoms with Gasteiger partial charge in [0.2, 0.25) is 0 Å². The van der Waals surface area contributed by atoms with Gasteiger partial charge >= 0.3 is 0 Å². The fraction of sp³-hybridized carbons (Fsp3) is 0.750. The first-order chi connectivity index (χ1) is 7.45. The maximum atomic E-state index is 4.32. The van der Waals surface area contributed by atoms with E-state index in [4.69, 9.17) is 0 Å². The predicted molar refractivity (Wildman–Crippen MR) is 59.7 cm³/mol. The Morgan fingerprint density at radius 3 is 2.80 bits per heavy atom. The van der Waals surface area contributed by atoms with Crippen LogP contribution in [0.5, 0.6) is 0 Å². The van der Waals surface area contributed by atoms with Crippen LogP contribution in [-0.4, -0.2) is 16.1 Å². The van der Waals surface area contributed by atoms with Gasteiger partial charge in [0.1, 0.15) is 0 Å². The van der Waals surface area contributed by atoms with E-state index in [1.165, 1.54) is 50.8 Å². The van der Waals surface area contributed by atoms with Crippen molar-refractivity contribution < 1.29 is 0 Å². The van der Waals surface area contributed by atoms with E-state index in [2.05, 4.69) is 21.1 Å². The van der Waals surface area contributed by atoms with Gasteiger partial charge in [0.15, 0.2) is 0 Å². The minimum absolute atomic E-state index is 0.557. The van der Waals surface area contributed by atoms with Gasteiger partial charge in [0, 0.05) is 18.3 Å². The molecule has 1 aromatic heterocycles. The lowest BCUT2D eigenvalue weighted by Crippen LogP contribution is -2.30. The Labute approximate surface area is 90.9 Å². The number of nitrogens with one attached hydrogen (secondary N) is 1. The highest BCUT2D eigenvalue weighted by Gasteiger charge is 2.25. The summed E-state index contributed by atoms with van der Waals surface area (Å²) in [7, 11) is 0. The van der Waals surface area contributed by atoms with Crippen LogP contribution in [-0.2, 0) is 0 Å². The van der Waals surface area contributed by atoms with Gasteiger partial charge < -0.3 is 9.88 Å². The Hall–Kier alpha value is -0.830. The average Bonchev–Trinajstić information content (AvgIpc) is 2.65. The second-order valence-corrected chi connectivity index (χ2v) is 4.81. The highest BCUT2D eigenvalue weighted by molar-refractivity contribution is 5.08. The molecule has 1 atom stereocenters. The summed E-state index contributed by atoms with van der Waals surface area (Å²) >= 11 is 0. The third-order valence-corrected chi connectivity index (χ3v) is 3.83. The first-order valence-corrected chi connectivity index (χ1v) is 6.20. The van der Waals surface area contributed by atoms with E-state index in [9.17, 15) is 0 Å². The standard InChI is InChI=1S/C12H19N3/c1-2-7-14-11(6-1)12-8-13-9-15(12)10-4-3-5-10/h8-11,14H,1-7H2. The molecule has 0 aromatic carbocycles. The smallest absolute Gasteiger partial charge is 0.0951 e. The minimum atomic E-state index is 0.557. The maximum Gasteiger partial charge on any atom is 0.0951 e. The largest absolute Gasteiger partial charge is 0.330 e. The van der Waals surface area contributed by atoms with Crippen LogP contribution in [0.1, 0.15) is 56.3 Å². The summed E-state index contributed by atoms with van der Waals surface area (Å²) in [5.74, 6) is 0. The zero-order chi connectivity index (χ0) is 10.1. The average molecular weight is 205 g/mol. The lowest BCUT2D eigenvalue weighted by Gasteiger charge is -2.32. The van der Waals surface area contributed by atoms with Gasteiger partial charge in [-0.2, -0.15) is 0 Å². The molecule has 3 rings (SSSR count). The second kappa shape index (κ2) is 3.97. The maximum absolute atomic E-state index is 4.32. The van der Waals surface area contributed by atoms with Gasteiger partial charge in [-0.05, 0) is 38.6 Å². The molecule has 1 saturated carbocycles. The van der Waals surface area contributed by atoms with Crippen LogP contribution in [0.2, 0.25) is 0 Å². The first kappa shape index (κ1) is 9.40. The van der Waals surface area contributed by atoms with Gasteiger partial charge in [-0.1, -0.05) is 6.42 Å². The molecule has 1 N–H and O–H groups in total. The molecular weight excluding hydrogens is 186 g/mol. The van der Waals surface area contributed by atoms with Crippen molar-refractivity contribution in [3.8, 4) is 0 Å². The fourth-order valence-electron chi connectivity index (χ4n) is 2.66. The molecule has 1 aliphatic heterocycles. The molecule has 2 heterocycles. The summed E-state index contributed by atoms with van der Waals surface area (Å²) in [6.07, 6.45) is 12.1. The van der Waals surface area contributed by atoms with Crippen LogP contribution in [0.25, 0.3) is 0 Å². The van der Waals surface area contributed by atoms with Crippen molar-refractivity contribution in [1.29, 1.82) is 0 Å². The molecule has 3 heteroatoms. The van der Waals surface area contributed by atoms with E-state index in [1.54, 1.807) is 0 Å². The summed E-state index contributed by atoms with van der Waals surface area (Å²) in [4.78, 5) is 4.32. The Kier molecular flexibility index (Phi) is 2.49. The number of piperidine rings is 1. The molecule has 0 bridgehead atoms. The predicted octanol–water partition coefficient (Wildman–Crippen LogP) is 2.42. The molecule has 0 amide bonds. The normalized spacial score (nSPS) is 27.6. The molecule has 3 nitrogen and oxygen atoms in total. The lowest BCUT2D eigenvalue weighted by atomic mass is 9.92. The summed E-state index contributed by atoms with van der Waals surface area (Å²) in [6.45, 7) is 1.17. The van der Waals surface area contributed by atoms with E-state index >= 15 is 0 Å². The molecule has 2 fully saturated rings. The molecule has 1 saturated heterocycles. The number of aromatic nitrogens is 2. The zero-order valence-corrected chi connectivity index (χ0v) is 9.15. The molecule has 0 spiro atoms. The molecular formula is C12H19N3. The van der Waals surface area contributed by atoms with Crippen molar-refractivity contribution in [2.24, 2.45) is 0 Å². The van der Waals surface area contributed by atoms with Crippen LogP contribution < -0.4 is 5.32 Å².